The highest BCUT2D eigenvalue weighted by Crippen LogP contribution is 1.90. The van der Waals surface area contributed by atoms with Gasteiger partial charge in [0.25, 0.3) is 0 Å². The van der Waals surface area contributed by atoms with Crippen LogP contribution in [0.5, 0.6) is 0 Å². The normalized spacial score (nSPS) is 10.5. The summed E-state index contributed by atoms with van der Waals surface area (Å²) in [4.78, 5) is 14.4. The minimum absolute atomic E-state index is 0.0782. The van der Waals surface area contributed by atoms with Crippen molar-refractivity contribution in [1.82, 2.24) is 5.32 Å². The van der Waals surface area contributed by atoms with Gasteiger partial charge in [-0.25, -0.2) is 4.99 Å². The van der Waals surface area contributed by atoms with E-state index in [0.717, 1.165) is 0 Å². The zero-order chi connectivity index (χ0) is 8.69. The molecule has 0 aliphatic rings. The van der Waals surface area contributed by atoms with Crippen LogP contribution in [0.3, 0.4) is 0 Å². The summed E-state index contributed by atoms with van der Waals surface area (Å²) in [5.74, 6) is 0.359. The van der Waals surface area contributed by atoms with Crippen LogP contribution in [0.2, 0.25) is 0 Å². The number of rotatable bonds is 4. The maximum absolute atomic E-state index is 10.8. The van der Waals surface area contributed by atoms with Crippen LogP contribution in [0.25, 0.3) is 0 Å². The van der Waals surface area contributed by atoms with Gasteiger partial charge in [-0.1, -0.05) is 19.6 Å². The molecule has 0 rings (SSSR count). The van der Waals surface area contributed by atoms with Crippen molar-refractivity contribution in [1.29, 1.82) is 0 Å². The topological polar surface area (TPSA) is 41.5 Å². The molecule has 1 amide bonds. The van der Waals surface area contributed by atoms with E-state index >= 15 is 0 Å². The first-order valence-corrected chi connectivity index (χ1v) is 3.33. The fraction of sp³-hybridized carbons (Fsp3) is 0.250. The van der Waals surface area contributed by atoms with Gasteiger partial charge in [0.15, 0.2) is 0 Å². The third-order valence-corrected chi connectivity index (χ3v) is 1.03. The molecule has 0 bridgehead atoms. The Morgan fingerprint density at radius 1 is 1.73 bits per heavy atom. The third kappa shape index (κ3) is 4.08. The number of nitrogens with one attached hydrogen (secondary N) is 1. The molecule has 0 saturated carbocycles. The lowest BCUT2D eigenvalue weighted by atomic mass is 10.4. The minimum atomic E-state index is -0.0782. The van der Waals surface area contributed by atoms with Crippen LogP contribution in [-0.4, -0.2) is 12.6 Å². The molecule has 0 aliphatic carbocycles. The Labute approximate surface area is 66.5 Å². The van der Waals surface area contributed by atoms with Gasteiger partial charge in [0, 0.05) is 6.42 Å². The number of hydrogen-bond acceptors (Lipinski definition) is 2. The predicted molar refractivity (Wildman–Crippen MR) is 46.3 cm³/mol. The second-order valence-corrected chi connectivity index (χ2v) is 1.85. The quantitative estimate of drug-likeness (QED) is 0.478. The van der Waals surface area contributed by atoms with Crippen molar-refractivity contribution >= 4 is 12.6 Å². The molecule has 11 heavy (non-hydrogen) atoms. The van der Waals surface area contributed by atoms with Crippen molar-refractivity contribution in [3.05, 3.63) is 24.6 Å². The maximum atomic E-state index is 10.8. The van der Waals surface area contributed by atoms with Crippen LogP contribution in [0, 0.1) is 0 Å². The molecule has 1 N–H and O–H groups in total. The second-order valence-electron chi connectivity index (χ2n) is 1.85. The van der Waals surface area contributed by atoms with Gasteiger partial charge in [-0.3, -0.25) is 4.79 Å². The van der Waals surface area contributed by atoms with Gasteiger partial charge in [-0.2, -0.15) is 0 Å². The van der Waals surface area contributed by atoms with Crippen LogP contribution in [0.4, 0.5) is 0 Å². The van der Waals surface area contributed by atoms with Crippen LogP contribution in [0.1, 0.15) is 13.3 Å². The summed E-state index contributed by atoms with van der Waals surface area (Å²) in [6, 6.07) is 0. The smallest absolute Gasteiger partial charge is 0.225 e. The van der Waals surface area contributed by atoms with E-state index in [0.29, 0.717) is 12.2 Å². The summed E-state index contributed by atoms with van der Waals surface area (Å²) < 4.78 is 0. The van der Waals surface area contributed by atoms with E-state index in [1.165, 1.54) is 0 Å². The van der Waals surface area contributed by atoms with Crippen molar-refractivity contribution in [2.24, 2.45) is 4.99 Å². The van der Waals surface area contributed by atoms with Crippen molar-refractivity contribution in [2.45, 2.75) is 13.3 Å². The van der Waals surface area contributed by atoms with E-state index < -0.39 is 0 Å². The molecule has 0 spiro atoms. The molecule has 0 radical (unpaired) electrons. The summed E-state index contributed by atoms with van der Waals surface area (Å²) in [6.45, 7) is 8.52. The summed E-state index contributed by atoms with van der Waals surface area (Å²) in [7, 11) is 0. The number of carbonyl (C=O) groups excluding carboxylic acids is 1. The first kappa shape index (κ1) is 9.62. The van der Waals surface area contributed by atoms with Gasteiger partial charge in [0.2, 0.25) is 5.91 Å². The first-order chi connectivity index (χ1) is 5.24. The Balaban J connectivity index is 4.08. The largest absolute Gasteiger partial charge is 0.311 e. The minimum Gasteiger partial charge on any atom is -0.311 e. The van der Waals surface area contributed by atoms with Crippen LogP contribution >= 0.6 is 0 Å². The summed E-state index contributed by atoms with van der Waals surface area (Å²) in [6.07, 6.45) is 3.56. The van der Waals surface area contributed by atoms with Crippen LogP contribution < -0.4 is 5.32 Å². The van der Waals surface area contributed by atoms with Gasteiger partial charge in [0.1, 0.15) is 5.82 Å². The lowest BCUT2D eigenvalue weighted by Gasteiger charge is -2.00. The number of allylic oxidation sites excluding steroid dienone is 2. The molecule has 0 saturated heterocycles. The fourth-order valence-electron chi connectivity index (χ4n) is 0.477. The van der Waals surface area contributed by atoms with Gasteiger partial charge >= 0.3 is 0 Å². The highest BCUT2D eigenvalue weighted by atomic mass is 16.1. The van der Waals surface area contributed by atoms with Crippen LogP contribution in [0.15, 0.2) is 29.5 Å². The number of carbonyl (C=O) groups is 1. The van der Waals surface area contributed by atoms with Gasteiger partial charge in [-0.15, -0.1) is 0 Å². The molecule has 0 unspecified atom stereocenters. The zero-order valence-corrected chi connectivity index (χ0v) is 6.63. The molecule has 0 aromatic heterocycles. The van der Waals surface area contributed by atoms with Crippen molar-refractivity contribution in [2.75, 3.05) is 0 Å². The van der Waals surface area contributed by atoms with Crippen molar-refractivity contribution in [3.63, 3.8) is 0 Å². The lowest BCUT2D eigenvalue weighted by molar-refractivity contribution is -0.120. The average molecular weight is 152 g/mol. The van der Waals surface area contributed by atoms with E-state index in [1.807, 2.05) is 0 Å². The number of nitrogens with zero attached hydrogens (tertiary/aromatic N) is 1. The molecular formula is C8H12N2O. The van der Waals surface area contributed by atoms with Crippen molar-refractivity contribution < 1.29 is 4.79 Å². The molecule has 0 aliphatic heterocycles. The zero-order valence-electron chi connectivity index (χ0n) is 6.63. The van der Waals surface area contributed by atoms with E-state index in [9.17, 15) is 4.79 Å². The molecule has 0 fully saturated rings. The molecule has 60 valence electrons. The second kappa shape index (κ2) is 5.41. The summed E-state index contributed by atoms with van der Waals surface area (Å²) >= 11 is 0. The molecule has 0 atom stereocenters. The van der Waals surface area contributed by atoms with E-state index in [1.54, 1.807) is 19.1 Å². The molecule has 0 aromatic carbocycles. The van der Waals surface area contributed by atoms with Gasteiger partial charge in [0.05, 0.1) is 0 Å². The standard InChI is InChI=1S/C8H12N2O/c1-4-6-7(9-3)10-8(11)5-2/h4,6H,1,3,5H2,2H3,(H,10,11)/b7-6+. The lowest BCUT2D eigenvalue weighted by Crippen LogP contribution is -2.20. The Bertz CT molecular complexity index is 194. The Morgan fingerprint density at radius 3 is 2.73 bits per heavy atom. The summed E-state index contributed by atoms with van der Waals surface area (Å²) in [5.41, 5.74) is 0. The Kier molecular flexibility index (Phi) is 4.73. The number of hydrogen-bond donors (Lipinski definition) is 1. The van der Waals surface area contributed by atoms with E-state index in [2.05, 4.69) is 23.6 Å². The predicted octanol–water partition coefficient (Wildman–Crippen LogP) is 1.24. The molecule has 0 aromatic rings. The number of amides is 1. The highest BCUT2D eigenvalue weighted by molar-refractivity contribution is 5.77. The summed E-state index contributed by atoms with van der Waals surface area (Å²) in [5, 5.41) is 2.54. The third-order valence-electron chi connectivity index (χ3n) is 1.03. The molecule has 3 heteroatoms. The average Bonchev–Trinajstić information content (AvgIpc) is 2.03. The molecule has 0 heterocycles. The maximum Gasteiger partial charge on any atom is 0.225 e. The van der Waals surface area contributed by atoms with Crippen LogP contribution in [-0.2, 0) is 4.79 Å². The van der Waals surface area contributed by atoms with E-state index in [4.69, 9.17) is 0 Å². The molecule has 3 nitrogen and oxygen atoms in total. The SMILES string of the molecule is C=C/C=C(\N=C)NC(=O)CC. The molecular weight excluding hydrogens is 140 g/mol. The fourth-order valence-corrected chi connectivity index (χ4v) is 0.477. The monoisotopic (exact) mass is 152 g/mol. The Morgan fingerprint density at radius 2 is 2.36 bits per heavy atom. The highest BCUT2D eigenvalue weighted by Gasteiger charge is 1.96. The Hall–Kier alpha value is -1.38. The van der Waals surface area contributed by atoms with Gasteiger partial charge < -0.3 is 5.32 Å². The van der Waals surface area contributed by atoms with Crippen molar-refractivity contribution in [3.8, 4) is 0 Å². The number of aliphatic imine (C=N–C) groups is 1. The van der Waals surface area contributed by atoms with E-state index in [-0.39, 0.29) is 5.91 Å². The first-order valence-electron chi connectivity index (χ1n) is 3.33. The van der Waals surface area contributed by atoms with Gasteiger partial charge in [-0.05, 0) is 12.8 Å².